The number of aliphatic hydroxyl groups excluding tert-OH is 1. The van der Waals surface area contributed by atoms with Crippen LogP contribution in [0.2, 0.25) is 0 Å². The molecule has 1 aliphatic rings. The highest BCUT2D eigenvalue weighted by atomic mass is 79.9. The number of hydrogen-bond donors (Lipinski definition) is 1. The Morgan fingerprint density at radius 1 is 1.26 bits per heavy atom. The van der Waals surface area contributed by atoms with Gasteiger partial charge in [-0.1, -0.05) is 41.4 Å². The van der Waals surface area contributed by atoms with Crippen LogP contribution in [0.15, 0.2) is 28.7 Å². The van der Waals surface area contributed by atoms with Crippen LogP contribution in [0, 0.1) is 5.92 Å². The lowest BCUT2D eigenvalue weighted by atomic mass is 9.94. The summed E-state index contributed by atoms with van der Waals surface area (Å²) >= 11 is 3.42. The molecule has 1 unspecified atom stereocenters. The molecule has 0 spiro atoms. The van der Waals surface area contributed by atoms with E-state index in [2.05, 4.69) is 27.8 Å². The van der Waals surface area contributed by atoms with Crippen LogP contribution >= 0.6 is 15.9 Å². The van der Waals surface area contributed by atoms with Gasteiger partial charge < -0.3 is 10.0 Å². The van der Waals surface area contributed by atoms with Crippen LogP contribution in [0.1, 0.15) is 44.3 Å². The van der Waals surface area contributed by atoms with Gasteiger partial charge in [-0.3, -0.25) is 0 Å². The third kappa shape index (κ3) is 4.59. The van der Waals surface area contributed by atoms with Crippen molar-refractivity contribution in [1.29, 1.82) is 0 Å². The Labute approximate surface area is 124 Å². The van der Waals surface area contributed by atoms with Crippen molar-refractivity contribution in [3.05, 3.63) is 34.3 Å². The van der Waals surface area contributed by atoms with Gasteiger partial charge in [0.2, 0.25) is 0 Å². The first-order chi connectivity index (χ1) is 9.19. The van der Waals surface area contributed by atoms with Crippen LogP contribution in [0.4, 0.5) is 0 Å². The van der Waals surface area contributed by atoms with Gasteiger partial charge in [-0.2, -0.15) is 0 Å². The molecular formula is C16H24BrNO. The van der Waals surface area contributed by atoms with E-state index in [0.29, 0.717) is 0 Å². The van der Waals surface area contributed by atoms with Crippen molar-refractivity contribution in [2.75, 3.05) is 19.6 Å². The standard InChI is InChI=1S/C16H24BrNO/c1-2-13-7-10-18(11-8-13)12-9-16(19)14-3-5-15(17)6-4-14/h3-6,13,16,19H,2,7-12H2,1H3. The van der Waals surface area contributed by atoms with Gasteiger partial charge in [-0.05, 0) is 56.0 Å². The highest BCUT2D eigenvalue weighted by molar-refractivity contribution is 9.10. The first kappa shape index (κ1) is 15.0. The molecule has 1 atom stereocenters. The van der Waals surface area contributed by atoms with Crippen LogP contribution in [-0.4, -0.2) is 29.6 Å². The highest BCUT2D eigenvalue weighted by Gasteiger charge is 2.18. The lowest BCUT2D eigenvalue weighted by molar-refractivity contribution is 0.122. The number of rotatable bonds is 5. The Hall–Kier alpha value is -0.380. The maximum atomic E-state index is 10.2. The quantitative estimate of drug-likeness (QED) is 0.884. The molecule has 0 amide bonds. The van der Waals surface area contributed by atoms with E-state index in [1.54, 1.807) is 0 Å². The average molecular weight is 326 g/mol. The second-order valence-electron chi connectivity index (χ2n) is 5.55. The molecular weight excluding hydrogens is 302 g/mol. The van der Waals surface area contributed by atoms with Crippen molar-refractivity contribution >= 4 is 15.9 Å². The fourth-order valence-electron chi connectivity index (χ4n) is 2.77. The first-order valence-electron chi connectivity index (χ1n) is 7.35. The summed E-state index contributed by atoms with van der Waals surface area (Å²) in [7, 11) is 0. The lowest BCUT2D eigenvalue weighted by Gasteiger charge is -2.31. The maximum absolute atomic E-state index is 10.2. The van der Waals surface area contributed by atoms with E-state index in [-0.39, 0.29) is 6.10 Å². The van der Waals surface area contributed by atoms with Crippen molar-refractivity contribution in [3.8, 4) is 0 Å². The second kappa shape index (κ2) is 7.41. The van der Waals surface area contributed by atoms with E-state index in [4.69, 9.17) is 0 Å². The topological polar surface area (TPSA) is 23.5 Å². The number of hydrogen-bond acceptors (Lipinski definition) is 2. The van der Waals surface area contributed by atoms with Crippen LogP contribution in [0.25, 0.3) is 0 Å². The Kier molecular flexibility index (Phi) is 5.86. The Bertz CT molecular complexity index is 371. The molecule has 19 heavy (non-hydrogen) atoms. The highest BCUT2D eigenvalue weighted by Crippen LogP contribution is 2.23. The molecule has 1 aromatic carbocycles. The van der Waals surface area contributed by atoms with Crippen LogP contribution in [0.5, 0.6) is 0 Å². The van der Waals surface area contributed by atoms with Gasteiger partial charge in [-0.25, -0.2) is 0 Å². The molecule has 0 aliphatic carbocycles. The van der Waals surface area contributed by atoms with Crippen molar-refractivity contribution in [3.63, 3.8) is 0 Å². The molecule has 2 rings (SSSR count). The molecule has 1 N–H and O–H groups in total. The summed E-state index contributed by atoms with van der Waals surface area (Å²) < 4.78 is 1.06. The van der Waals surface area contributed by atoms with E-state index in [1.165, 1.54) is 32.4 Å². The van der Waals surface area contributed by atoms with E-state index in [0.717, 1.165) is 28.9 Å². The summed E-state index contributed by atoms with van der Waals surface area (Å²) in [5.74, 6) is 0.924. The van der Waals surface area contributed by atoms with Gasteiger partial charge in [0.15, 0.2) is 0 Å². The van der Waals surface area contributed by atoms with Gasteiger partial charge in [0, 0.05) is 11.0 Å². The Morgan fingerprint density at radius 3 is 2.47 bits per heavy atom. The molecule has 106 valence electrons. The van der Waals surface area contributed by atoms with E-state index in [9.17, 15) is 5.11 Å². The van der Waals surface area contributed by atoms with E-state index < -0.39 is 0 Å². The summed E-state index contributed by atoms with van der Waals surface area (Å²) in [5.41, 5.74) is 1.02. The third-order valence-corrected chi connectivity index (χ3v) is 4.79. The molecule has 1 heterocycles. The monoisotopic (exact) mass is 325 g/mol. The summed E-state index contributed by atoms with van der Waals surface area (Å²) in [4.78, 5) is 2.49. The molecule has 0 saturated carbocycles. The van der Waals surface area contributed by atoms with Crippen LogP contribution in [-0.2, 0) is 0 Å². The largest absolute Gasteiger partial charge is 0.388 e. The van der Waals surface area contributed by atoms with Gasteiger partial charge in [0.25, 0.3) is 0 Å². The van der Waals surface area contributed by atoms with Crippen molar-refractivity contribution in [2.45, 2.75) is 38.7 Å². The minimum absolute atomic E-state index is 0.336. The molecule has 0 radical (unpaired) electrons. The Morgan fingerprint density at radius 2 is 1.89 bits per heavy atom. The van der Waals surface area contributed by atoms with Crippen molar-refractivity contribution in [1.82, 2.24) is 4.90 Å². The SMILES string of the molecule is CCC1CCN(CCC(O)c2ccc(Br)cc2)CC1. The summed E-state index contributed by atoms with van der Waals surface area (Å²) in [6.45, 7) is 5.70. The summed E-state index contributed by atoms with van der Waals surface area (Å²) in [6, 6.07) is 7.98. The molecule has 0 bridgehead atoms. The number of likely N-dealkylation sites (tertiary alicyclic amines) is 1. The molecule has 2 nitrogen and oxygen atoms in total. The van der Waals surface area contributed by atoms with Crippen LogP contribution < -0.4 is 0 Å². The van der Waals surface area contributed by atoms with Gasteiger partial charge in [-0.15, -0.1) is 0 Å². The number of aliphatic hydroxyl groups is 1. The molecule has 1 aromatic rings. The zero-order valence-corrected chi connectivity index (χ0v) is 13.3. The minimum atomic E-state index is -0.336. The maximum Gasteiger partial charge on any atom is 0.0802 e. The predicted octanol–water partition coefficient (Wildman–Crippen LogP) is 3.99. The molecule has 1 aliphatic heterocycles. The van der Waals surface area contributed by atoms with Crippen molar-refractivity contribution in [2.24, 2.45) is 5.92 Å². The lowest BCUT2D eigenvalue weighted by Crippen LogP contribution is -2.34. The number of nitrogens with zero attached hydrogens (tertiary/aromatic N) is 1. The summed E-state index contributed by atoms with van der Waals surface area (Å²) in [5, 5.41) is 10.2. The fourth-order valence-corrected chi connectivity index (χ4v) is 3.04. The Balaban J connectivity index is 1.75. The van der Waals surface area contributed by atoms with Crippen molar-refractivity contribution < 1.29 is 5.11 Å². The fraction of sp³-hybridized carbons (Fsp3) is 0.625. The van der Waals surface area contributed by atoms with Gasteiger partial charge >= 0.3 is 0 Å². The molecule has 0 aromatic heterocycles. The first-order valence-corrected chi connectivity index (χ1v) is 8.14. The average Bonchev–Trinajstić information content (AvgIpc) is 2.46. The van der Waals surface area contributed by atoms with E-state index >= 15 is 0 Å². The number of halogens is 1. The van der Waals surface area contributed by atoms with Crippen LogP contribution in [0.3, 0.4) is 0 Å². The van der Waals surface area contributed by atoms with E-state index in [1.807, 2.05) is 24.3 Å². The van der Waals surface area contributed by atoms with Gasteiger partial charge in [0.05, 0.1) is 6.10 Å². The zero-order valence-electron chi connectivity index (χ0n) is 11.7. The number of benzene rings is 1. The third-order valence-electron chi connectivity index (χ3n) is 4.26. The summed E-state index contributed by atoms with van der Waals surface area (Å²) in [6.07, 6.45) is 4.46. The second-order valence-corrected chi connectivity index (χ2v) is 6.46. The zero-order chi connectivity index (χ0) is 13.7. The smallest absolute Gasteiger partial charge is 0.0802 e. The van der Waals surface area contributed by atoms with Gasteiger partial charge in [0.1, 0.15) is 0 Å². The molecule has 1 fully saturated rings. The number of piperidine rings is 1. The molecule has 1 saturated heterocycles. The normalized spacial score (nSPS) is 19.5. The molecule has 3 heteroatoms. The predicted molar refractivity (Wildman–Crippen MR) is 83.2 cm³/mol. The minimum Gasteiger partial charge on any atom is -0.388 e.